The number of fused-ring (bicyclic) bond motifs is 1. The molecule has 4 heteroatoms. The van der Waals surface area contributed by atoms with Crippen LogP contribution in [0.3, 0.4) is 0 Å². The van der Waals surface area contributed by atoms with Crippen molar-refractivity contribution in [1.29, 1.82) is 0 Å². The fourth-order valence-corrected chi connectivity index (χ4v) is 3.24. The van der Waals surface area contributed by atoms with Gasteiger partial charge in [0.15, 0.2) is 0 Å². The number of aryl methyl sites for hydroxylation is 2. The molecular weight excluding hydrogens is 264 g/mol. The lowest BCUT2D eigenvalue weighted by atomic mass is 10.0. The summed E-state index contributed by atoms with van der Waals surface area (Å²) in [6.45, 7) is 0.718. The van der Waals surface area contributed by atoms with Crippen molar-refractivity contribution < 1.29 is 9.59 Å². The molecule has 3 rings (SSSR count). The number of rotatable bonds is 3. The van der Waals surface area contributed by atoms with Crippen molar-refractivity contribution in [1.82, 2.24) is 10.6 Å². The predicted molar refractivity (Wildman–Crippen MR) is 81.0 cm³/mol. The summed E-state index contributed by atoms with van der Waals surface area (Å²) in [6, 6.07) is 5.96. The van der Waals surface area contributed by atoms with Crippen LogP contribution in [0.25, 0.3) is 0 Å². The van der Waals surface area contributed by atoms with E-state index < -0.39 is 0 Å². The summed E-state index contributed by atoms with van der Waals surface area (Å²) in [5, 5.41) is 5.72. The lowest BCUT2D eigenvalue weighted by Gasteiger charge is -2.15. The van der Waals surface area contributed by atoms with Gasteiger partial charge in [-0.15, -0.1) is 0 Å². The van der Waals surface area contributed by atoms with Crippen molar-refractivity contribution in [3.8, 4) is 0 Å². The van der Waals surface area contributed by atoms with Gasteiger partial charge in [0.05, 0.1) is 6.42 Å². The minimum absolute atomic E-state index is 0.0465. The average molecular weight is 286 g/mol. The number of carbonyl (C=O) groups excluding carboxylic acids is 2. The van der Waals surface area contributed by atoms with Crippen LogP contribution in [0.1, 0.15) is 42.4 Å². The first-order valence-corrected chi connectivity index (χ1v) is 7.90. The van der Waals surface area contributed by atoms with Gasteiger partial charge in [-0.2, -0.15) is 0 Å². The fraction of sp³-hybridized carbons (Fsp3) is 0.529. The van der Waals surface area contributed by atoms with Crippen LogP contribution < -0.4 is 10.6 Å². The van der Waals surface area contributed by atoms with Gasteiger partial charge in [0.1, 0.15) is 6.04 Å². The maximum Gasteiger partial charge on any atom is 0.242 e. The Hall–Kier alpha value is -1.84. The van der Waals surface area contributed by atoms with Crippen molar-refractivity contribution in [3.63, 3.8) is 0 Å². The van der Waals surface area contributed by atoms with Crippen LogP contribution in [-0.4, -0.2) is 24.4 Å². The van der Waals surface area contributed by atoms with Gasteiger partial charge in [-0.25, -0.2) is 0 Å². The van der Waals surface area contributed by atoms with Crippen LogP contribution >= 0.6 is 0 Å². The zero-order valence-electron chi connectivity index (χ0n) is 12.3. The van der Waals surface area contributed by atoms with E-state index in [4.69, 9.17) is 0 Å². The maximum atomic E-state index is 12.1. The molecule has 0 aromatic heterocycles. The fourth-order valence-electron chi connectivity index (χ4n) is 3.24. The number of nitrogens with one attached hydrogen (secondary N) is 2. The van der Waals surface area contributed by atoms with Crippen LogP contribution in [0.5, 0.6) is 0 Å². The number of amides is 2. The molecule has 0 bridgehead atoms. The third-order valence-corrected chi connectivity index (χ3v) is 4.40. The number of hydrogen-bond donors (Lipinski definition) is 2. The zero-order chi connectivity index (χ0) is 14.7. The molecule has 1 aliphatic carbocycles. The first-order chi connectivity index (χ1) is 10.2. The zero-order valence-corrected chi connectivity index (χ0v) is 12.3. The van der Waals surface area contributed by atoms with Gasteiger partial charge in [0.2, 0.25) is 11.8 Å². The van der Waals surface area contributed by atoms with Crippen LogP contribution in [-0.2, 0) is 28.9 Å². The highest BCUT2D eigenvalue weighted by Crippen LogP contribution is 2.23. The first-order valence-electron chi connectivity index (χ1n) is 7.90. The Bertz CT molecular complexity index is 554. The van der Waals surface area contributed by atoms with E-state index in [1.165, 1.54) is 17.5 Å². The third-order valence-electron chi connectivity index (χ3n) is 4.40. The molecule has 1 saturated heterocycles. The maximum absolute atomic E-state index is 12.1. The smallest absolute Gasteiger partial charge is 0.242 e. The second-order valence-electron chi connectivity index (χ2n) is 6.04. The molecule has 2 N–H and O–H groups in total. The van der Waals surface area contributed by atoms with Crippen molar-refractivity contribution in [2.45, 2.75) is 51.0 Å². The number of hydrogen-bond acceptors (Lipinski definition) is 2. The molecule has 1 aromatic rings. The second-order valence-corrected chi connectivity index (χ2v) is 6.04. The molecule has 2 amide bonds. The number of carbonyl (C=O) groups is 2. The molecule has 0 radical (unpaired) electrons. The van der Waals surface area contributed by atoms with Gasteiger partial charge in [-0.1, -0.05) is 18.2 Å². The molecule has 1 aliphatic heterocycles. The van der Waals surface area contributed by atoms with Crippen molar-refractivity contribution >= 4 is 11.8 Å². The molecule has 0 saturated carbocycles. The molecule has 0 spiro atoms. The molecule has 1 unspecified atom stereocenters. The van der Waals surface area contributed by atoms with E-state index in [0.717, 1.165) is 44.2 Å². The molecule has 2 aliphatic rings. The van der Waals surface area contributed by atoms with Gasteiger partial charge in [0.25, 0.3) is 0 Å². The highest BCUT2D eigenvalue weighted by molar-refractivity contribution is 5.88. The van der Waals surface area contributed by atoms with E-state index >= 15 is 0 Å². The Labute approximate surface area is 125 Å². The third kappa shape index (κ3) is 3.43. The van der Waals surface area contributed by atoms with Crippen LogP contribution in [0.15, 0.2) is 18.2 Å². The summed E-state index contributed by atoms with van der Waals surface area (Å²) in [6.07, 6.45) is 6.55. The highest BCUT2D eigenvalue weighted by Gasteiger charge is 2.22. The summed E-state index contributed by atoms with van der Waals surface area (Å²) in [5.41, 5.74) is 3.84. The lowest BCUT2D eigenvalue weighted by molar-refractivity contribution is -0.128. The van der Waals surface area contributed by atoms with E-state index in [1.807, 2.05) is 6.07 Å². The van der Waals surface area contributed by atoms with Crippen LogP contribution in [0, 0.1) is 0 Å². The predicted octanol–water partition coefficient (Wildman–Crippen LogP) is 1.50. The van der Waals surface area contributed by atoms with Gasteiger partial charge in [-0.3, -0.25) is 9.59 Å². The standard InChI is InChI=1S/C17H22N2O2/c20-16(19-15-6-1-2-9-18-17(15)21)11-12-7-8-13-4-3-5-14(13)10-12/h7-8,10,15H,1-6,9,11H2,(H,18,21)(H,19,20). The SMILES string of the molecule is O=C(Cc1ccc2c(c1)CCC2)NC1CCCCNC1=O. The number of benzene rings is 1. The van der Waals surface area contributed by atoms with Crippen molar-refractivity contribution in [3.05, 3.63) is 34.9 Å². The average Bonchev–Trinajstić information content (AvgIpc) is 2.84. The van der Waals surface area contributed by atoms with E-state index in [0.29, 0.717) is 6.42 Å². The lowest BCUT2D eigenvalue weighted by Crippen LogP contribution is -2.45. The van der Waals surface area contributed by atoms with E-state index in [-0.39, 0.29) is 17.9 Å². The first kappa shape index (κ1) is 14.1. The summed E-state index contributed by atoms with van der Waals surface area (Å²) in [4.78, 5) is 24.0. The molecular formula is C17H22N2O2. The molecule has 21 heavy (non-hydrogen) atoms. The van der Waals surface area contributed by atoms with Crippen molar-refractivity contribution in [2.75, 3.05) is 6.54 Å². The Morgan fingerprint density at radius 3 is 2.95 bits per heavy atom. The molecule has 1 atom stereocenters. The van der Waals surface area contributed by atoms with E-state index in [2.05, 4.69) is 22.8 Å². The minimum Gasteiger partial charge on any atom is -0.354 e. The molecule has 4 nitrogen and oxygen atoms in total. The summed E-state index contributed by atoms with van der Waals surface area (Å²) in [5.74, 6) is -0.107. The van der Waals surface area contributed by atoms with Gasteiger partial charge in [0, 0.05) is 6.54 Å². The molecule has 1 heterocycles. The monoisotopic (exact) mass is 286 g/mol. The minimum atomic E-state index is -0.366. The Balaban J connectivity index is 1.59. The summed E-state index contributed by atoms with van der Waals surface area (Å²) in [7, 11) is 0. The molecule has 1 fully saturated rings. The van der Waals surface area contributed by atoms with Gasteiger partial charge >= 0.3 is 0 Å². The van der Waals surface area contributed by atoms with E-state index in [1.54, 1.807) is 0 Å². The molecule has 112 valence electrons. The Morgan fingerprint density at radius 1 is 1.19 bits per heavy atom. The van der Waals surface area contributed by atoms with Crippen LogP contribution in [0.4, 0.5) is 0 Å². The van der Waals surface area contributed by atoms with Gasteiger partial charge < -0.3 is 10.6 Å². The normalized spacial score (nSPS) is 21.3. The Kier molecular flexibility index (Phi) is 4.23. The van der Waals surface area contributed by atoms with E-state index in [9.17, 15) is 9.59 Å². The summed E-state index contributed by atoms with van der Waals surface area (Å²) < 4.78 is 0. The largest absolute Gasteiger partial charge is 0.354 e. The van der Waals surface area contributed by atoms with Crippen LogP contribution in [0.2, 0.25) is 0 Å². The van der Waals surface area contributed by atoms with Gasteiger partial charge in [-0.05, 0) is 55.2 Å². The quantitative estimate of drug-likeness (QED) is 0.885. The Morgan fingerprint density at radius 2 is 2.05 bits per heavy atom. The molecule has 1 aromatic carbocycles. The summed E-state index contributed by atoms with van der Waals surface area (Å²) >= 11 is 0. The highest BCUT2D eigenvalue weighted by atomic mass is 16.2. The van der Waals surface area contributed by atoms with Crippen molar-refractivity contribution in [2.24, 2.45) is 0 Å². The topological polar surface area (TPSA) is 58.2 Å². The second kappa shape index (κ2) is 6.29.